The molecule has 0 atom stereocenters. The number of ether oxygens (including phenoxy) is 1. The van der Waals surface area contributed by atoms with Crippen LogP contribution in [-0.4, -0.2) is 39.1 Å². The third-order valence-corrected chi connectivity index (χ3v) is 4.68. The van der Waals surface area contributed by atoms with Gasteiger partial charge in [-0.25, -0.2) is 0 Å². The van der Waals surface area contributed by atoms with Crippen molar-refractivity contribution >= 4 is 5.82 Å². The van der Waals surface area contributed by atoms with Gasteiger partial charge in [0, 0.05) is 31.2 Å². The van der Waals surface area contributed by atoms with Crippen molar-refractivity contribution in [2.75, 3.05) is 19.7 Å². The Hall–Kier alpha value is -3.19. The fourth-order valence-electron chi connectivity index (χ4n) is 3.23. The molecular formula is C20H20N4O3. The molecule has 0 amide bonds. The lowest BCUT2D eigenvalue weighted by Crippen LogP contribution is -2.33. The van der Waals surface area contributed by atoms with Crippen molar-refractivity contribution in [2.45, 2.75) is 13.1 Å². The van der Waals surface area contributed by atoms with Crippen molar-refractivity contribution in [1.29, 1.82) is 0 Å². The van der Waals surface area contributed by atoms with E-state index >= 15 is 0 Å². The van der Waals surface area contributed by atoms with Crippen LogP contribution in [0.5, 0.6) is 6.01 Å². The molecule has 2 aromatic carbocycles. The van der Waals surface area contributed by atoms with E-state index in [4.69, 9.17) is 4.74 Å². The van der Waals surface area contributed by atoms with E-state index in [1.807, 2.05) is 18.2 Å². The molecule has 0 saturated heterocycles. The molecule has 0 fully saturated rings. The van der Waals surface area contributed by atoms with Gasteiger partial charge in [0.2, 0.25) is 0 Å². The maximum Gasteiger partial charge on any atom is 0.414 e. The number of aromatic nitrogens is 2. The summed E-state index contributed by atoms with van der Waals surface area (Å²) in [5.41, 5.74) is 3.63. The van der Waals surface area contributed by atoms with Crippen molar-refractivity contribution in [2.24, 2.45) is 0 Å². The van der Waals surface area contributed by atoms with Crippen LogP contribution < -0.4 is 4.74 Å². The molecule has 1 aromatic heterocycles. The van der Waals surface area contributed by atoms with E-state index in [2.05, 4.69) is 46.3 Å². The molecule has 7 nitrogen and oxygen atoms in total. The van der Waals surface area contributed by atoms with Crippen molar-refractivity contribution in [1.82, 2.24) is 14.5 Å². The number of benzene rings is 2. The van der Waals surface area contributed by atoms with Gasteiger partial charge in [-0.05, 0) is 21.6 Å². The van der Waals surface area contributed by atoms with Gasteiger partial charge in [0.15, 0.2) is 0 Å². The summed E-state index contributed by atoms with van der Waals surface area (Å²) in [5, 5.41) is 10.9. The summed E-state index contributed by atoms with van der Waals surface area (Å²) in [5.74, 6) is -0.171. The van der Waals surface area contributed by atoms with Gasteiger partial charge in [-0.3, -0.25) is 9.47 Å². The topological polar surface area (TPSA) is 73.4 Å². The predicted molar refractivity (Wildman–Crippen MR) is 102 cm³/mol. The van der Waals surface area contributed by atoms with Crippen LogP contribution in [0.25, 0.3) is 11.1 Å². The molecule has 4 rings (SSSR count). The summed E-state index contributed by atoms with van der Waals surface area (Å²) in [6.45, 7) is 3.41. The first-order valence-electron chi connectivity index (χ1n) is 8.90. The molecular weight excluding hydrogens is 344 g/mol. The molecule has 0 N–H and O–H groups in total. The van der Waals surface area contributed by atoms with Crippen LogP contribution in [0.2, 0.25) is 0 Å². The summed E-state index contributed by atoms with van der Waals surface area (Å²) >= 11 is 0. The number of imidazole rings is 1. The molecule has 0 aliphatic carbocycles. The Morgan fingerprint density at radius 3 is 2.48 bits per heavy atom. The molecule has 0 unspecified atom stereocenters. The number of nitrogens with zero attached hydrogens (tertiary/aromatic N) is 4. The van der Waals surface area contributed by atoms with Gasteiger partial charge in [0.05, 0.1) is 0 Å². The van der Waals surface area contributed by atoms with Crippen LogP contribution in [0, 0.1) is 10.1 Å². The van der Waals surface area contributed by atoms with Gasteiger partial charge in [-0.15, -0.1) is 0 Å². The SMILES string of the molecule is O=[N+]([O-])c1cn2c(n1)OCCN(Cc1ccc(-c3ccccc3)cc1)CC2. The quantitative estimate of drug-likeness (QED) is 0.524. The predicted octanol–water partition coefficient (Wildman–Crippen LogP) is 3.35. The maximum atomic E-state index is 10.9. The molecule has 7 heteroatoms. The van der Waals surface area contributed by atoms with Crippen LogP contribution in [0.1, 0.15) is 5.56 Å². The molecule has 0 radical (unpaired) electrons. The Morgan fingerprint density at radius 2 is 1.74 bits per heavy atom. The Labute approximate surface area is 157 Å². The minimum atomic E-state index is -0.493. The van der Waals surface area contributed by atoms with E-state index in [1.54, 1.807) is 4.57 Å². The standard InChI is InChI=1S/C20H20N4O3/c25-24(26)19-15-23-11-10-22(12-13-27-20(23)21-19)14-16-6-8-18(9-7-16)17-4-2-1-3-5-17/h1-9,15H,10-14H2. The van der Waals surface area contributed by atoms with Crippen LogP contribution >= 0.6 is 0 Å². The molecule has 27 heavy (non-hydrogen) atoms. The summed E-state index contributed by atoms with van der Waals surface area (Å²) in [7, 11) is 0. The number of rotatable bonds is 4. The molecule has 0 spiro atoms. The Bertz CT molecular complexity index is 922. The average Bonchev–Trinajstić information content (AvgIpc) is 3.08. The van der Waals surface area contributed by atoms with E-state index in [0.717, 1.165) is 19.6 Å². The highest BCUT2D eigenvalue weighted by Gasteiger charge is 2.22. The average molecular weight is 364 g/mol. The maximum absolute atomic E-state index is 10.9. The van der Waals surface area contributed by atoms with Crippen molar-refractivity contribution < 1.29 is 9.66 Å². The fraction of sp³-hybridized carbons (Fsp3) is 0.250. The van der Waals surface area contributed by atoms with Crippen LogP contribution in [0.4, 0.5) is 5.82 Å². The molecule has 2 heterocycles. The minimum absolute atomic E-state index is 0.171. The zero-order valence-electron chi connectivity index (χ0n) is 14.8. The number of nitro groups is 1. The largest absolute Gasteiger partial charge is 0.444 e. The molecule has 1 aliphatic heterocycles. The lowest BCUT2D eigenvalue weighted by Gasteiger charge is -2.24. The smallest absolute Gasteiger partial charge is 0.414 e. The van der Waals surface area contributed by atoms with E-state index < -0.39 is 4.92 Å². The Kier molecular flexibility index (Phi) is 4.84. The molecule has 0 bridgehead atoms. The monoisotopic (exact) mass is 364 g/mol. The second kappa shape index (κ2) is 7.59. The van der Waals surface area contributed by atoms with Gasteiger partial charge in [-0.1, -0.05) is 54.6 Å². The first-order chi connectivity index (χ1) is 13.2. The highest BCUT2D eigenvalue weighted by Crippen LogP contribution is 2.21. The van der Waals surface area contributed by atoms with E-state index in [-0.39, 0.29) is 5.82 Å². The number of hydrogen-bond acceptors (Lipinski definition) is 5. The minimum Gasteiger partial charge on any atom is -0.444 e. The summed E-state index contributed by atoms with van der Waals surface area (Å²) in [6, 6.07) is 19.2. The summed E-state index contributed by atoms with van der Waals surface area (Å²) in [6.07, 6.45) is 1.44. The Morgan fingerprint density at radius 1 is 1.00 bits per heavy atom. The zero-order valence-corrected chi connectivity index (χ0v) is 14.8. The zero-order chi connectivity index (χ0) is 18.6. The molecule has 0 saturated carbocycles. The van der Waals surface area contributed by atoms with Crippen LogP contribution in [0.3, 0.4) is 0 Å². The number of hydrogen-bond donors (Lipinski definition) is 0. The third kappa shape index (κ3) is 3.98. The first-order valence-corrected chi connectivity index (χ1v) is 8.90. The Balaban J connectivity index is 1.42. The molecule has 3 aromatic rings. The highest BCUT2D eigenvalue weighted by molar-refractivity contribution is 5.63. The van der Waals surface area contributed by atoms with Crippen molar-refractivity contribution in [3.8, 4) is 17.1 Å². The fourth-order valence-corrected chi connectivity index (χ4v) is 3.23. The van der Waals surface area contributed by atoms with Crippen molar-refractivity contribution in [3.63, 3.8) is 0 Å². The van der Waals surface area contributed by atoms with E-state index in [1.165, 1.54) is 22.9 Å². The highest BCUT2D eigenvalue weighted by atomic mass is 16.6. The molecule has 1 aliphatic rings. The van der Waals surface area contributed by atoms with Gasteiger partial charge in [-0.2, -0.15) is 0 Å². The van der Waals surface area contributed by atoms with E-state index in [9.17, 15) is 10.1 Å². The normalized spacial score (nSPS) is 14.7. The lowest BCUT2D eigenvalue weighted by molar-refractivity contribution is -0.389. The third-order valence-electron chi connectivity index (χ3n) is 4.68. The van der Waals surface area contributed by atoms with Crippen LogP contribution in [-0.2, 0) is 13.1 Å². The number of fused-ring (bicyclic) bond motifs is 1. The molecule has 138 valence electrons. The second-order valence-corrected chi connectivity index (χ2v) is 6.52. The summed E-state index contributed by atoms with van der Waals surface area (Å²) < 4.78 is 7.32. The first kappa shape index (κ1) is 17.2. The van der Waals surface area contributed by atoms with Gasteiger partial charge < -0.3 is 14.9 Å². The lowest BCUT2D eigenvalue weighted by atomic mass is 10.0. The van der Waals surface area contributed by atoms with Gasteiger partial charge in [0.25, 0.3) is 0 Å². The van der Waals surface area contributed by atoms with Gasteiger partial charge in [0.1, 0.15) is 12.8 Å². The van der Waals surface area contributed by atoms with Gasteiger partial charge >= 0.3 is 11.8 Å². The second-order valence-electron chi connectivity index (χ2n) is 6.52. The van der Waals surface area contributed by atoms with E-state index in [0.29, 0.717) is 19.2 Å². The van der Waals surface area contributed by atoms with Crippen molar-refractivity contribution in [3.05, 3.63) is 76.5 Å². The summed E-state index contributed by atoms with van der Waals surface area (Å²) in [4.78, 5) is 16.6. The van der Waals surface area contributed by atoms with Crippen LogP contribution in [0.15, 0.2) is 60.8 Å².